The number of para-hydroxylation sites is 1. The van der Waals surface area contributed by atoms with E-state index in [9.17, 15) is 4.79 Å². The molecule has 0 fully saturated rings. The molecule has 0 aliphatic heterocycles. The van der Waals surface area contributed by atoms with E-state index in [1.165, 1.54) is 16.6 Å². The normalized spacial score (nSPS) is 11.6. The maximum absolute atomic E-state index is 12.3. The minimum atomic E-state index is -0.166. The van der Waals surface area contributed by atoms with Crippen molar-refractivity contribution in [3.63, 3.8) is 0 Å². The lowest BCUT2D eigenvalue weighted by atomic mass is 10.0. The molecule has 0 atom stereocenters. The van der Waals surface area contributed by atoms with Crippen molar-refractivity contribution in [1.82, 2.24) is 9.66 Å². The van der Waals surface area contributed by atoms with Crippen LogP contribution in [0.25, 0.3) is 10.9 Å². The Morgan fingerprint density at radius 1 is 1.09 bits per heavy atom. The highest BCUT2D eigenvalue weighted by Gasteiger charge is 2.02. The van der Waals surface area contributed by atoms with Gasteiger partial charge in [0, 0.05) is 0 Å². The van der Waals surface area contributed by atoms with Crippen molar-refractivity contribution >= 4 is 17.1 Å². The van der Waals surface area contributed by atoms with E-state index in [0.29, 0.717) is 16.8 Å². The molecule has 0 saturated carbocycles. The van der Waals surface area contributed by atoms with Gasteiger partial charge < -0.3 is 0 Å². The summed E-state index contributed by atoms with van der Waals surface area (Å²) in [5.41, 5.74) is 2.74. The maximum atomic E-state index is 12.3. The summed E-state index contributed by atoms with van der Waals surface area (Å²) in [6.07, 6.45) is 3.12. The highest BCUT2D eigenvalue weighted by Crippen LogP contribution is 2.13. The van der Waals surface area contributed by atoms with E-state index in [0.717, 1.165) is 5.56 Å². The van der Waals surface area contributed by atoms with E-state index in [1.54, 1.807) is 12.3 Å². The summed E-state index contributed by atoms with van der Waals surface area (Å²) in [6.45, 7) is 4.31. The molecular formula is C18H17N3O. The Kier molecular flexibility index (Phi) is 3.83. The molecular weight excluding hydrogens is 274 g/mol. The van der Waals surface area contributed by atoms with E-state index in [2.05, 4.69) is 36.1 Å². The third kappa shape index (κ3) is 2.81. The first kappa shape index (κ1) is 14.2. The van der Waals surface area contributed by atoms with Crippen LogP contribution in [0.2, 0.25) is 0 Å². The number of nitrogens with zero attached hydrogens (tertiary/aromatic N) is 3. The van der Waals surface area contributed by atoms with E-state index in [-0.39, 0.29) is 5.56 Å². The van der Waals surface area contributed by atoms with Crippen LogP contribution in [-0.2, 0) is 0 Å². The first-order chi connectivity index (χ1) is 10.6. The Labute approximate surface area is 128 Å². The molecule has 0 aliphatic carbocycles. The summed E-state index contributed by atoms with van der Waals surface area (Å²) >= 11 is 0. The molecule has 1 heterocycles. The average molecular weight is 291 g/mol. The lowest BCUT2D eigenvalue weighted by Crippen LogP contribution is -2.16. The van der Waals surface area contributed by atoms with Gasteiger partial charge in [-0.2, -0.15) is 9.78 Å². The van der Waals surface area contributed by atoms with Crippen LogP contribution in [0, 0.1) is 0 Å². The van der Waals surface area contributed by atoms with Crippen LogP contribution < -0.4 is 5.56 Å². The van der Waals surface area contributed by atoms with Crippen molar-refractivity contribution in [2.75, 3.05) is 0 Å². The first-order valence-corrected chi connectivity index (χ1v) is 7.26. The average Bonchev–Trinajstić information content (AvgIpc) is 2.55. The van der Waals surface area contributed by atoms with Gasteiger partial charge in [0.25, 0.3) is 5.56 Å². The number of hydrogen-bond acceptors (Lipinski definition) is 3. The third-order valence-corrected chi connectivity index (χ3v) is 3.58. The molecule has 2 aromatic carbocycles. The van der Waals surface area contributed by atoms with Gasteiger partial charge in [0.15, 0.2) is 0 Å². The fourth-order valence-electron chi connectivity index (χ4n) is 2.24. The highest BCUT2D eigenvalue weighted by atomic mass is 16.1. The zero-order chi connectivity index (χ0) is 15.5. The van der Waals surface area contributed by atoms with Crippen molar-refractivity contribution in [1.29, 1.82) is 0 Å². The zero-order valence-electron chi connectivity index (χ0n) is 12.6. The molecule has 3 aromatic rings. The summed E-state index contributed by atoms with van der Waals surface area (Å²) in [5, 5.41) is 4.78. The minimum absolute atomic E-state index is 0.166. The van der Waals surface area contributed by atoms with E-state index in [1.807, 2.05) is 30.3 Å². The van der Waals surface area contributed by atoms with Gasteiger partial charge in [0.05, 0.1) is 17.1 Å². The van der Waals surface area contributed by atoms with Crippen molar-refractivity contribution < 1.29 is 0 Å². The zero-order valence-corrected chi connectivity index (χ0v) is 12.6. The molecule has 4 heteroatoms. The predicted molar refractivity (Wildman–Crippen MR) is 89.5 cm³/mol. The Bertz CT molecular complexity index is 877. The number of fused-ring (bicyclic) bond motifs is 1. The summed E-state index contributed by atoms with van der Waals surface area (Å²) in [7, 11) is 0. The molecule has 0 unspecified atom stereocenters. The second kappa shape index (κ2) is 5.93. The third-order valence-electron chi connectivity index (χ3n) is 3.58. The SMILES string of the molecule is CC(C)c1ccc(/C=N/n2cnc3ccccc3c2=O)cc1. The maximum Gasteiger partial charge on any atom is 0.281 e. The Morgan fingerprint density at radius 2 is 1.82 bits per heavy atom. The second-order valence-electron chi connectivity index (χ2n) is 5.48. The molecule has 0 saturated heterocycles. The number of rotatable bonds is 3. The second-order valence-corrected chi connectivity index (χ2v) is 5.48. The van der Waals surface area contributed by atoms with E-state index < -0.39 is 0 Å². The van der Waals surface area contributed by atoms with Crippen LogP contribution in [0.1, 0.15) is 30.9 Å². The number of aromatic nitrogens is 2. The summed E-state index contributed by atoms with van der Waals surface area (Å²) in [5.74, 6) is 0.498. The molecule has 0 aliphatic rings. The van der Waals surface area contributed by atoms with Gasteiger partial charge in [-0.15, -0.1) is 0 Å². The molecule has 3 rings (SSSR count). The summed E-state index contributed by atoms with van der Waals surface area (Å²) in [4.78, 5) is 16.5. The van der Waals surface area contributed by atoms with Gasteiger partial charge in [0.1, 0.15) is 6.33 Å². The molecule has 0 spiro atoms. The standard InChI is InChI=1S/C18H17N3O/c1-13(2)15-9-7-14(8-10-15)11-20-21-12-19-17-6-4-3-5-16(17)18(21)22/h3-13H,1-2H3/b20-11+. The highest BCUT2D eigenvalue weighted by molar-refractivity contribution is 5.80. The Hall–Kier alpha value is -2.75. The lowest BCUT2D eigenvalue weighted by Gasteiger charge is -2.04. The van der Waals surface area contributed by atoms with E-state index >= 15 is 0 Å². The number of benzene rings is 2. The summed E-state index contributed by atoms with van der Waals surface area (Å²) < 4.78 is 1.26. The molecule has 1 aromatic heterocycles. The topological polar surface area (TPSA) is 47.2 Å². The van der Waals surface area contributed by atoms with Crippen molar-refractivity contribution in [2.45, 2.75) is 19.8 Å². The molecule has 0 N–H and O–H groups in total. The minimum Gasteiger partial charge on any atom is -0.267 e. The van der Waals surface area contributed by atoms with E-state index in [4.69, 9.17) is 0 Å². The smallest absolute Gasteiger partial charge is 0.267 e. The quantitative estimate of drug-likeness (QED) is 0.694. The van der Waals surface area contributed by atoms with Gasteiger partial charge in [-0.25, -0.2) is 4.98 Å². The van der Waals surface area contributed by atoms with Crippen molar-refractivity contribution in [3.8, 4) is 0 Å². The largest absolute Gasteiger partial charge is 0.281 e. The summed E-state index contributed by atoms with van der Waals surface area (Å²) in [6, 6.07) is 15.4. The van der Waals surface area contributed by atoms with Crippen molar-refractivity contribution in [3.05, 3.63) is 76.3 Å². The molecule has 4 nitrogen and oxygen atoms in total. The van der Waals surface area contributed by atoms with Crippen LogP contribution in [0.15, 0.2) is 64.8 Å². The van der Waals surface area contributed by atoms with Crippen LogP contribution in [0.3, 0.4) is 0 Å². The predicted octanol–water partition coefficient (Wildman–Crippen LogP) is 3.40. The fourth-order valence-corrected chi connectivity index (χ4v) is 2.24. The number of hydrogen-bond donors (Lipinski definition) is 0. The van der Waals surface area contributed by atoms with Gasteiger partial charge in [-0.05, 0) is 29.2 Å². The van der Waals surface area contributed by atoms with Gasteiger partial charge >= 0.3 is 0 Å². The van der Waals surface area contributed by atoms with Gasteiger partial charge in [-0.3, -0.25) is 4.79 Å². The molecule has 110 valence electrons. The van der Waals surface area contributed by atoms with Gasteiger partial charge in [-0.1, -0.05) is 50.2 Å². The Balaban J connectivity index is 1.92. The first-order valence-electron chi connectivity index (χ1n) is 7.26. The fraction of sp³-hybridized carbons (Fsp3) is 0.167. The molecule has 22 heavy (non-hydrogen) atoms. The monoisotopic (exact) mass is 291 g/mol. The van der Waals surface area contributed by atoms with Crippen molar-refractivity contribution in [2.24, 2.45) is 5.10 Å². The Morgan fingerprint density at radius 3 is 2.55 bits per heavy atom. The van der Waals surface area contributed by atoms with Crippen LogP contribution in [0.5, 0.6) is 0 Å². The molecule has 0 radical (unpaired) electrons. The van der Waals surface area contributed by atoms with Crippen LogP contribution in [0.4, 0.5) is 0 Å². The van der Waals surface area contributed by atoms with Crippen LogP contribution >= 0.6 is 0 Å². The molecule has 0 amide bonds. The lowest BCUT2D eigenvalue weighted by molar-refractivity contribution is 0.817. The van der Waals surface area contributed by atoms with Crippen LogP contribution in [-0.4, -0.2) is 15.9 Å². The van der Waals surface area contributed by atoms with Gasteiger partial charge in [0.2, 0.25) is 0 Å². The molecule has 0 bridgehead atoms.